The SMILES string of the molecule is O=C1ON=C(C(F)(F)F)C1=Cc1ccc(N2CCC2)s1. The molecular formula is C12H9F3N2O2S. The molecule has 1 aromatic heterocycles. The fourth-order valence-electron chi connectivity index (χ4n) is 1.88. The summed E-state index contributed by atoms with van der Waals surface area (Å²) in [5, 5.41) is 3.79. The lowest BCUT2D eigenvalue weighted by Gasteiger charge is -2.31. The highest BCUT2D eigenvalue weighted by molar-refractivity contribution is 7.17. The van der Waals surface area contributed by atoms with Crippen LogP contribution in [-0.4, -0.2) is 30.9 Å². The largest absolute Gasteiger partial charge is 0.437 e. The molecule has 8 heteroatoms. The third kappa shape index (κ3) is 2.31. The van der Waals surface area contributed by atoms with Gasteiger partial charge in [-0.2, -0.15) is 13.2 Å². The van der Waals surface area contributed by atoms with Crippen LogP contribution in [0.3, 0.4) is 0 Å². The van der Waals surface area contributed by atoms with Crippen molar-refractivity contribution in [1.82, 2.24) is 0 Å². The van der Waals surface area contributed by atoms with Crippen molar-refractivity contribution in [3.63, 3.8) is 0 Å². The number of hydrogen-bond donors (Lipinski definition) is 0. The van der Waals surface area contributed by atoms with E-state index in [1.54, 1.807) is 6.07 Å². The van der Waals surface area contributed by atoms with Gasteiger partial charge in [0.2, 0.25) is 0 Å². The third-order valence-electron chi connectivity index (χ3n) is 3.03. The van der Waals surface area contributed by atoms with Crippen molar-refractivity contribution in [2.45, 2.75) is 12.6 Å². The molecule has 0 N–H and O–H groups in total. The van der Waals surface area contributed by atoms with Crippen LogP contribution >= 0.6 is 11.3 Å². The monoisotopic (exact) mass is 302 g/mol. The van der Waals surface area contributed by atoms with Crippen LogP contribution in [0.25, 0.3) is 6.08 Å². The smallest absolute Gasteiger partial charge is 0.363 e. The maximum absolute atomic E-state index is 12.7. The van der Waals surface area contributed by atoms with Gasteiger partial charge < -0.3 is 9.74 Å². The van der Waals surface area contributed by atoms with E-state index in [0.717, 1.165) is 24.5 Å². The summed E-state index contributed by atoms with van der Waals surface area (Å²) in [5.41, 5.74) is -1.82. The Morgan fingerprint density at radius 3 is 2.70 bits per heavy atom. The van der Waals surface area contributed by atoms with Gasteiger partial charge in [-0.25, -0.2) is 4.79 Å². The summed E-state index contributed by atoms with van der Waals surface area (Å²) in [6.07, 6.45) is -2.41. The quantitative estimate of drug-likeness (QED) is 0.623. The molecule has 0 atom stereocenters. The van der Waals surface area contributed by atoms with Gasteiger partial charge in [-0.15, -0.1) is 11.3 Å². The lowest BCUT2D eigenvalue weighted by Crippen LogP contribution is -2.36. The highest BCUT2D eigenvalue weighted by atomic mass is 32.1. The molecule has 1 fully saturated rings. The molecule has 2 aliphatic rings. The van der Waals surface area contributed by atoms with E-state index in [-0.39, 0.29) is 0 Å². The van der Waals surface area contributed by atoms with Gasteiger partial charge in [-0.3, -0.25) is 0 Å². The normalized spacial score (nSPS) is 20.9. The van der Waals surface area contributed by atoms with Crippen molar-refractivity contribution in [3.8, 4) is 0 Å². The Labute approximate surface area is 116 Å². The number of oxime groups is 1. The number of carbonyl (C=O) groups is 1. The molecule has 0 unspecified atom stereocenters. The van der Waals surface area contributed by atoms with Crippen LogP contribution < -0.4 is 4.90 Å². The van der Waals surface area contributed by atoms with Crippen molar-refractivity contribution >= 4 is 34.1 Å². The lowest BCUT2D eigenvalue weighted by molar-refractivity contribution is -0.136. The predicted molar refractivity (Wildman–Crippen MR) is 68.7 cm³/mol. The molecule has 0 spiro atoms. The molecule has 0 radical (unpaired) electrons. The summed E-state index contributed by atoms with van der Waals surface area (Å²) >= 11 is 1.34. The number of halogens is 3. The van der Waals surface area contributed by atoms with E-state index in [4.69, 9.17) is 0 Å². The van der Waals surface area contributed by atoms with Gasteiger partial charge >= 0.3 is 12.1 Å². The summed E-state index contributed by atoms with van der Waals surface area (Å²) in [4.78, 5) is 18.1. The van der Waals surface area contributed by atoms with Crippen LogP contribution in [0.15, 0.2) is 22.9 Å². The minimum absolute atomic E-state index is 0.547. The second-order valence-corrected chi connectivity index (χ2v) is 5.48. The van der Waals surface area contributed by atoms with Crippen molar-refractivity contribution in [2.75, 3.05) is 18.0 Å². The Morgan fingerprint density at radius 1 is 1.35 bits per heavy atom. The van der Waals surface area contributed by atoms with Crippen LogP contribution in [0.2, 0.25) is 0 Å². The predicted octanol–water partition coefficient (Wildman–Crippen LogP) is 2.82. The second-order valence-electron chi connectivity index (χ2n) is 4.39. The van der Waals surface area contributed by atoms with E-state index in [1.165, 1.54) is 17.4 Å². The molecular weight excluding hydrogens is 293 g/mol. The molecule has 3 rings (SSSR count). The summed E-state index contributed by atoms with van der Waals surface area (Å²) in [7, 11) is 0. The lowest BCUT2D eigenvalue weighted by atomic mass is 10.1. The number of carbonyl (C=O) groups excluding carboxylic acids is 1. The standard InChI is InChI=1S/C12H9F3N2O2S/c13-12(14,15)10-8(11(18)19-16-10)6-7-2-3-9(20-7)17-4-1-5-17/h2-3,6H,1,4-5H2. The molecule has 4 nitrogen and oxygen atoms in total. The topological polar surface area (TPSA) is 41.9 Å². The van der Waals surface area contributed by atoms with Gasteiger partial charge in [-0.05, 0) is 24.6 Å². The van der Waals surface area contributed by atoms with Gasteiger partial charge in [0, 0.05) is 18.0 Å². The number of hydrogen-bond acceptors (Lipinski definition) is 5. The molecule has 1 aromatic rings. The average Bonchev–Trinajstić information content (AvgIpc) is 2.85. The Kier molecular flexibility index (Phi) is 3.04. The molecule has 0 bridgehead atoms. The van der Waals surface area contributed by atoms with E-state index in [0.29, 0.717) is 4.88 Å². The average molecular weight is 302 g/mol. The number of nitrogens with zero attached hydrogens (tertiary/aromatic N) is 2. The third-order valence-corrected chi connectivity index (χ3v) is 4.12. The minimum atomic E-state index is -4.70. The van der Waals surface area contributed by atoms with Crippen molar-refractivity contribution in [3.05, 3.63) is 22.6 Å². The van der Waals surface area contributed by atoms with Crippen LogP contribution in [-0.2, 0) is 9.63 Å². The summed E-state index contributed by atoms with van der Waals surface area (Å²) < 4.78 is 38.0. The number of alkyl halides is 3. The van der Waals surface area contributed by atoms with Crippen molar-refractivity contribution < 1.29 is 22.8 Å². The first-order valence-corrected chi connectivity index (χ1v) is 6.70. The van der Waals surface area contributed by atoms with E-state index in [2.05, 4.69) is 14.9 Å². The van der Waals surface area contributed by atoms with Gasteiger partial charge in [0.1, 0.15) is 0 Å². The highest BCUT2D eigenvalue weighted by Gasteiger charge is 2.45. The zero-order valence-corrected chi connectivity index (χ0v) is 10.9. The fraction of sp³-hybridized carbons (Fsp3) is 0.333. The summed E-state index contributed by atoms with van der Waals surface area (Å²) in [6, 6.07) is 3.52. The number of rotatable bonds is 2. The van der Waals surface area contributed by atoms with Crippen LogP contribution in [0.4, 0.5) is 18.2 Å². The van der Waals surface area contributed by atoms with Crippen LogP contribution in [0.1, 0.15) is 11.3 Å². The molecule has 3 heterocycles. The fourth-order valence-corrected chi connectivity index (χ4v) is 2.88. The number of thiophene rings is 1. The molecule has 106 valence electrons. The summed E-state index contributed by atoms with van der Waals surface area (Å²) in [6.45, 7) is 1.90. The maximum atomic E-state index is 12.7. The summed E-state index contributed by atoms with van der Waals surface area (Å²) in [5.74, 6) is -1.07. The van der Waals surface area contributed by atoms with E-state index in [1.807, 2.05) is 6.07 Å². The second kappa shape index (κ2) is 4.62. The zero-order valence-electron chi connectivity index (χ0n) is 10.1. The molecule has 20 heavy (non-hydrogen) atoms. The molecule has 0 saturated carbocycles. The van der Waals surface area contributed by atoms with Crippen molar-refractivity contribution in [1.29, 1.82) is 0 Å². The highest BCUT2D eigenvalue weighted by Crippen LogP contribution is 2.33. The molecule has 0 amide bonds. The van der Waals surface area contributed by atoms with Crippen LogP contribution in [0, 0.1) is 0 Å². The molecule has 1 saturated heterocycles. The maximum Gasteiger partial charge on any atom is 0.437 e. The molecule has 0 aromatic carbocycles. The van der Waals surface area contributed by atoms with Gasteiger partial charge in [0.25, 0.3) is 0 Å². The first kappa shape index (κ1) is 13.2. The Hall–Kier alpha value is -1.83. The van der Waals surface area contributed by atoms with Gasteiger partial charge in [-0.1, -0.05) is 5.16 Å². The molecule has 2 aliphatic heterocycles. The van der Waals surface area contributed by atoms with Crippen LogP contribution in [0.5, 0.6) is 0 Å². The van der Waals surface area contributed by atoms with E-state index >= 15 is 0 Å². The van der Waals surface area contributed by atoms with Gasteiger partial charge in [0.15, 0.2) is 5.71 Å². The number of anilines is 1. The zero-order chi connectivity index (χ0) is 14.3. The first-order valence-electron chi connectivity index (χ1n) is 5.88. The molecule has 0 aliphatic carbocycles. The van der Waals surface area contributed by atoms with E-state index in [9.17, 15) is 18.0 Å². The first-order chi connectivity index (χ1) is 9.45. The Bertz CT molecular complexity index is 614. The Balaban J connectivity index is 1.88. The van der Waals surface area contributed by atoms with E-state index < -0.39 is 23.4 Å². The van der Waals surface area contributed by atoms with Gasteiger partial charge in [0.05, 0.1) is 10.6 Å². The van der Waals surface area contributed by atoms with Crippen molar-refractivity contribution in [2.24, 2.45) is 5.16 Å². The minimum Gasteiger partial charge on any atom is -0.363 e. The Morgan fingerprint density at radius 2 is 2.10 bits per heavy atom.